The quantitative estimate of drug-likeness (QED) is 0.886. The number of para-hydroxylation sites is 2. The van der Waals surface area contributed by atoms with Crippen molar-refractivity contribution in [2.75, 3.05) is 24.3 Å². The number of nitrogens with zero attached hydrogens (tertiary/aromatic N) is 1. The molecular weight excluding hydrogens is 340 g/mol. The van der Waals surface area contributed by atoms with E-state index in [4.69, 9.17) is 11.6 Å². The zero-order chi connectivity index (χ0) is 14.7. The first-order chi connectivity index (χ1) is 9.47. The standard InChI is InChI=1S/C15H14BrClN2O/c1-19(2)14-6-4-3-5-13(14)18-15(20)10-7-11(16)9-12(17)8-10/h3-9H,1-2H3,(H,18,20). The number of carbonyl (C=O) groups is 1. The Balaban J connectivity index is 2.28. The minimum absolute atomic E-state index is 0.192. The topological polar surface area (TPSA) is 32.3 Å². The number of hydrogen-bond acceptors (Lipinski definition) is 2. The lowest BCUT2D eigenvalue weighted by atomic mass is 10.2. The molecule has 5 heteroatoms. The second-order valence-electron chi connectivity index (χ2n) is 4.52. The number of rotatable bonds is 3. The minimum Gasteiger partial charge on any atom is -0.376 e. The summed E-state index contributed by atoms with van der Waals surface area (Å²) in [6.07, 6.45) is 0. The zero-order valence-corrected chi connectivity index (χ0v) is 13.5. The van der Waals surface area contributed by atoms with Gasteiger partial charge >= 0.3 is 0 Å². The van der Waals surface area contributed by atoms with Crippen LogP contribution in [0.25, 0.3) is 0 Å². The fraction of sp³-hybridized carbons (Fsp3) is 0.133. The van der Waals surface area contributed by atoms with Gasteiger partial charge in [-0.05, 0) is 30.3 Å². The first kappa shape index (κ1) is 14.9. The van der Waals surface area contributed by atoms with Crippen molar-refractivity contribution < 1.29 is 4.79 Å². The Labute approximate surface area is 131 Å². The van der Waals surface area contributed by atoms with Crippen LogP contribution in [-0.4, -0.2) is 20.0 Å². The van der Waals surface area contributed by atoms with Crippen LogP contribution in [-0.2, 0) is 0 Å². The predicted molar refractivity (Wildman–Crippen MR) is 87.9 cm³/mol. The van der Waals surface area contributed by atoms with E-state index in [1.807, 2.05) is 43.3 Å². The van der Waals surface area contributed by atoms with Gasteiger partial charge < -0.3 is 10.2 Å². The highest BCUT2D eigenvalue weighted by atomic mass is 79.9. The number of benzene rings is 2. The van der Waals surface area contributed by atoms with E-state index in [9.17, 15) is 4.79 Å². The fourth-order valence-corrected chi connectivity index (χ4v) is 2.71. The summed E-state index contributed by atoms with van der Waals surface area (Å²) in [4.78, 5) is 14.2. The molecular formula is C15H14BrClN2O. The third kappa shape index (κ3) is 3.52. The maximum atomic E-state index is 12.3. The van der Waals surface area contributed by atoms with E-state index < -0.39 is 0 Å². The van der Waals surface area contributed by atoms with Crippen molar-refractivity contribution >= 4 is 44.8 Å². The number of amides is 1. The van der Waals surface area contributed by atoms with E-state index in [0.29, 0.717) is 10.6 Å². The van der Waals surface area contributed by atoms with Gasteiger partial charge in [-0.1, -0.05) is 39.7 Å². The largest absolute Gasteiger partial charge is 0.376 e. The van der Waals surface area contributed by atoms with Crippen LogP contribution >= 0.6 is 27.5 Å². The molecule has 0 saturated carbocycles. The molecule has 0 atom stereocenters. The van der Waals surface area contributed by atoms with E-state index >= 15 is 0 Å². The second-order valence-corrected chi connectivity index (χ2v) is 5.88. The summed E-state index contributed by atoms with van der Waals surface area (Å²) in [7, 11) is 3.86. The average Bonchev–Trinajstić information content (AvgIpc) is 2.37. The predicted octanol–water partition coefficient (Wildman–Crippen LogP) is 4.42. The highest BCUT2D eigenvalue weighted by Gasteiger charge is 2.11. The molecule has 0 heterocycles. The van der Waals surface area contributed by atoms with Gasteiger partial charge in [0, 0.05) is 29.2 Å². The van der Waals surface area contributed by atoms with Gasteiger partial charge in [-0.25, -0.2) is 0 Å². The highest BCUT2D eigenvalue weighted by molar-refractivity contribution is 9.10. The Kier molecular flexibility index (Phi) is 4.68. The monoisotopic (exact) mass is 352 g/mol. The molecule has 1 amide bonds. The van der Waals surface area contributed by atoms with Gasteiger partial charge in [-0.3, -0.25) is 4.79 Å². The Hall–Kier alpha value is -1.52. The minimum atomic E-state index is -0.192. The molecule has 0 radical (unpaired) electrons. The van der Waals surface area contributed by atoms with Gasteiger partial charge in [-0.2, -0.15) is 0 Å². The Morgan fingerprint density at radius 3 is 2.55 bits per heavy atom. The molecule has 0 spiro atoms. The molecule has 2 rings (SSSR count). The van der Waals surface area contributed by atoms with Crippen LogP contribution in [0.5, 0.6) is 0 Å². The van der Waals surface area contributed by atoms with Crippen molar-refractivity contribution in [2.45, 2.75) is 0 Å². The lowest BCUT2D eigenvalue weighted by Crippen LogP contribution is -2.16. The summed E-state index contributed by atoms with van der Waals surface area (Å²) in [6, 6.07) is 12.7. The summed E-state index contributed by atoms with van der Waals surface area (Å²) in [5, 5.41) is 3.42. The van der Waals surface area contributed by atoms with E-state index in [1.165, 1.54) is 0 Å². The van der Waals surface area contributed by atoms with Gasteiger partial charge in [0.15, 0.2) is 0 Å². The number of hydrogen-bond donors (Lipinski definition) is 1. The van der Waals surface area contributed by atoms with Crippen molar-refractivity contribution in [3.8, 4) is 0 Å². The van der Waals surface area contributed by atoms with Crippen molar-refractivity contribution in [1.29, 1.82) is 0 Å². The molecule has 2 aromatic rings. The van der Waals surface area contributed by atoms with Crippen molar-refractivity contribution in [3.05, 3.63) is 57.5 Å². The van der Waals surface area contributed by atoms with Crippen LogP contribution in [0.4, 0.5) is 11.4 Å². The summed E-state index contributed by atoms with van der Waals surface area (Å²) >= 11 is 9.29. The van der Waals surface area contributed by atoms with Gasteiger partial charge in [0.1, 0.15) is 0 Å². The van der Waals surface area contributed by atoms with Crippen LogP contribution in [0, 0.1) is 0 Å². The first-order valence-electron chi connectivity index (χ1n) is 6.01. The molecule has 1 N–H and O–H groups in total. The first-order valence-corrected chi connectivity index (χ1v) is 7.18. The smallest absolute Gasteiger partial charge is 0.255 e. The Morgan fingerprint density at radius 1 is 1.20 bits per heavy atom. The number of nitrogens with one attached hydrogen (secondary N) is 1. The number of carbonyl (C=O) groups excluding carboxylic acids is 1. The van der Waals surface area contributed by atoms with Crippen LogP contribution < -0.4 is 10.2 Å². The van der Waals surface area contributed by atoms with Gasteiger partial charge in [0.05, 0.1) is 11.4 Å². The van der Waals surface area contributed by atoms with Crippen LogP contribution in [0.15, 0.2) is 46.9 Å². The van der Waals surface area contributed by atoms with Crippen LogP contribution in [0.3, 0.4) is 0 Å². The van der Waals surface area contributed by atoms with Crippen LogP contribution in [0.1, 0.15) is 10.4 Å². The molecule has 20 heavy (non-hydrogen) atoms. The SMILES string of the molecule is CN(C)c1ccccc1NC(=O)c1cc(Cl)cc(Br)c1. The van der Waals surface area contributed by atoms with Crippen molar-refractivity contribution in [1.82, 2.24) is 0 Å². The summed E-state index contributed by atoms with van der Waals surface area (Å²) in [5.74, 6) is -0.192. The van der Waals surface area contributed by atoms with Gasteiger partial charge in [-0.15, -0.1) is 0 Å². The summed E-state index contributed by atoms with van der Waals surface area (Å²) in [5.41, 5.74) is 2.22. The van der Waals surface area contributed by atoms with E-state index in [2.05, 4.69) is 21.2 Å². The van der Waals surface area contributed by atoms with Crippen molar-refractivity contribution in [2.24, 2.45) is 0 Å². The van der Waals surface area contributed by atoms with E-state index in [0.717, 1.165) is 15.8 Å². The van der Waals surface area contributed by atoms with Gasteiger partial charge in [0.2, 0.25) is 0 Å². The average molecular weight is 354 g/mol. The summed E-state index contributed by atoms with van der Waals surface area (Å²) < 4.78 is 0.774. The molecule has 0 aromatic heterocycles. The lowest BCUT2D eigenvalue weighted by molar-refractivity contribution is 0.102. The zero-order valence-electron chi connectivity index (χ0n) is 11.2. The third-order valence-corrected chi connectivity index (χ3v) is 3.43. The van der Waals surface area contributed by atoms with Gasteiger partial charge in [0.25, 0.3) is 5.91 Å². The van der Waals surface area contributed by atoms with Crippen LogP contribution in [0.2, 0.25) is 5.02 Å². The molecule has 0 unspecified atom stereocenters. The Morgan fingerprint density at radius 2 is 1.90 bits per heavy atom. The number of halogens is 2. The Bertz CT molecular complexity index is 623. The molecule has 0 aliphatic heterocycles. The second kappa shape index (κ2) is 6.29. The van der Waals surface area contributed by atoms with Crippen molar-refractivity contribution in [3.63, 3.8) is 0 Å². The fourth-order valence-electron chi connectivity index (χ4n) is 1.85. The number of anilines is 2. The molecule has 0 saturated heterocycles. The molecule has 2 aromatic carbocycles. The lowest BCUT2D eigenvalue weighted by Gasteiger charge is -2.17. The molecule has 0 bridgehead atoms. The molecule has 0 aliphatic rings. The highest BCUT2D eigenvalue weighted by Crippen LogP contribution is 2.25. The summed E-state index contributed by atoms with van der Waals surface area (Å²) in [6.45, 7) is 0. The maximum Gasteiger partial charge on any atom is 0.255 e. The maximum absolute atomic E-state index is 12.3. The molecule has 0 fully saturated rings. The normalized spacial score (nSPS) is 10.2. The molecule has 0 aliphatic carbocycles. The van der Waals surface area contributed by atoms with E-state index in [-0.39, 0.29) is 5.91 Å². The van der Waals surface area contributed by atoms with E-state index in [1.54, 1.807) is 18.2 Å². The molecule has 104 valence electrons. The molecule has 3 nitrogen and oxygen atoms in total. The third-order valence-electron chi connectivity index (χ3n) is 2.76.